The Labute approximate surface area is 148 Å². The highest BCUT2D eigenvalue weighted by Gasteiger charge is 2.31. The topological polar surface area (TPSA) is 59.8 Å². The normalized spacial score (nSPS) is 11.7. The van der Waals surface area contributed by atoms with Crippen molar-refractivity contribution in [2.45, 2.75) is 12.7 Å². The number of rotatable bonds is 3. The van der Waals surface area contributed by atoms with Gasteiger partial charge in [-0.05, 0) is 52.9 Å². The van der Waals surface area contributed by atoms with Crippen LogP contribution < -0.4 is 5.32 Å². The summed E-state index contributed by atoms with van der Waals surface area (Å²) in [7, 11) is 0. The lowest BCUT2D eigenvalue weighted by Crippen LogP contribution is -2.20. The molecule has 1 heterocycles. The Morgan fingerprint density at radius 1 is 1.21 bits per heavy atom. The molecule has 0 unspecified atom stereocenters. The zero-order chi connectivity index (χ0) is 17.3. The van der Waals surface area contributed by atoms with Crippen LogP contribution in [0.2, 0.25) is 0 Å². The quantitative estimate of drug-likeness (QED) is 0.625. The minimum atomic E-state index is -4.47. The monoisotopic (exact) mass is 446 g/mol. The van der Waals surface area contributed by atoms with E-state index in [1.54, 1.807) is 24.3 Å². The molecule has 0 saturated carbocycles. The number of hydrogen-bond donors (Lipinski definition) is 1. The molecular weight excluding hydrogens is 436 g/mol. The molecule has 0 aliphatic rings. The van der Waals surface area contributed by atoms with Gasteiger partial charge < -0.3 is 5.32 Å². The predicted molar refractivity (Wildman–Crippen MR) is 90.3 cm³/mol. The third kappa shape index (κ3) is 3.50. The van der Waals surface area contributed by atoms with Crippen molar-refractivity contribution in [3.8, 4) is 0 Å². The van der Waals surface area contributed by atoms with Gasteiger partial charge >= 0.3 is 6.18 Å². The SMILES string of the molecule is O=C(Cn1nnc2ccccc21)Nc1cc(C(F)(F)F)ccc1I. The highest BCUT2D eigenvalue weighted by Crippen LogP contribution is 2.32. The number of carbonyl (C=O) groups excluding carboxylic acids is 1. The zero-order valence-electron chi connectivity index (χ0n) is 12.0. The first-order valence-electron chi connectivity index (χ1n) is 6.79. The van der Waals surface area contributed by atoms with Gasteiger partial charge in [-0.1, -0.05) is 17.3 Å². The maximum Gasteiger partial charge on any atom is 0.416 e. The van der Waals surface area contributed by atoms with Crippen LogP contribution in [0.5, 0.6) is 0 Å². The largest absolute Gasteiger partial charge is 0.416 e. The predicted octanol–water partition coefficient (Wildman–Crippen LogP) is 3.69. The summed E-state index contributed by atoms with van der Waals surface area (Å²) in [5, 5.41) is 10.3. The van der Waals surface area contributed by atoms with Crippen molar-refractivity contribution < 1.29 is 18.0 Å². The molecule has 0 bridgehead atoms. The van der Waals surface area contributed by atoms with Crippen molar-refractivity contribution in [1.82, 2.24) is 15.0 Å². The summed E-state index contributed by atoms with van der Waals surface area (Å²) in [6.45, 7) is -0.146. The molecule has 124 valence electrons. The van der Waals surface area contributed by atoms with E-state index in [2.05, 4.69) is 15.6 Å². The minimum Gasteiger partial charge on any atom is -0.323 e. The molecule has 0 aliphatic heterocycles. The van der Waals surface area contributed by atoms with Gasteiger partial charge in [0.05, 0.1) is 16.8 Å². The number of fused-ring (bicyclic) bond motifs is 1. The molecule has 0 fully saturated rings. The average molecular weight is 446 g/mol. The summed E-state index contributed by atoms with van der Waals surface area (Å²) in [6, 6.07) is 10.3. The van der Waals surface area contributed by atoms with E-state index in [0.717, 1.165) is 12.1 Å². The Balaban J connectivity index is 1.80. The van der Waals surface area contributed by atoms with Gasteiger partial charge in [0.25, 0.3) is 0 Å². The summed E-state index contributed by atoms with van der Waals surface area (Å²) in [6.07, 6.45) is -4.47. The second kappa shape index (κ2) is 6.38. The Hall–Kier alpha value is -2.17. The lowest BCUT2D eigenvalue weighted by atomic mass is 10.2. The molecule has 0 aliphatic carbocycles. The molecule has 0 atom stereocenters. The van der Waals surface area contributed by atoms with E-state index in [9.17, 15) is 18.0 Å². The van der Waals surface area contributed by atoms with Crippen LogP contribution in [0.1, 0.15) is 5.56 Å². The van der Waals surface area contributed by atoms with Crippen LogP contribution in [-0.2, 0) is 17.5 Å². The van der Waals surface area contributed by atoms with Crippen molar-refractivity contribution in [2.75, 3.05) is 5.32 Å². The first-order chi connectivity index (χ1) is 11.3. The summed E-state index contributed by atoms with van der Waals surface area (Å²) in [5.74, 6) is -0.483. The van der Waals surface area contributed by atoms with Crippen molar-refractivity contribution >= 4 is 45.2 Å². The second-order valence-corrected chi connectivity index (χ2v) is 6.14. The van der Waals surface area contributed by atoms with Gasteiger partial charge in [-0.2, -0.15) is 13.2 Å². The number of nitrogens with one attached hydrogen (secondary N) is 1. The van der Waals surface area contributed by atoms with Gasteiger partial charge in [-0.15, -0.1) is 5.10 Å². The number of anilines is 1. The smallest absolute Gasteiger partial charge is 0.323 e. The van der Waals surface area contributed by atoms with Crippen molar-refractivity contribution in [2.24, 2.45) is 0 Å². The van der Waals surface area contributed by atoms with Crippen LogP contribution in [0.15, 0.2) is 42.5 Å². The van der Waals surface area contributed by atoms with E-state index < -0.39 is 17.6 Å². The minimum absolute atomic E-state index is 0.111. The lowest BCUT2D eigenvalue weighted by molar-refractivity contribution is -0.137. The first kappa shape index (κ1) is 16.7. The van der Waals surface area contributed by atoms with Crippen LogP contribution in [-0.4, -0.2) is 20.9 Å². The van der Waals surface area contributed by atoms with E-state index in [0.29, 0.717) is 14.6 Å². The number of alkyl halides is 3. The van der Waals surface area contributed by atoms with E-state index in [-0.39, 0.29) is 12.2 Å². The average Bonchev–Trinajstić information content (AvgIpc) is 2.91. The first-order valence-corrected chi connectivity index (χ1v) is 7.87. The van der Waals surface area contributed by atoms with Crippen LogP contribution in [0, 0.1) is 3.57 Å². The number of amides is 1. The third-order valence-electron chi connectivity index (χ3n) is 3.28. The molecule has 24 heavy (non-hydrogen) atoms. The van der Waals surface area contributed by atoms with Gasteiger partial charge in [0.2, 0.25) is 5.91 Å². The van der Waals surface area contributed by atoms with Gasteiger partial charge in [0.1, 0.15) is 12.1 Å². The number of halogens is 4. The Kier molecular flexibility index (Phi) is 4.43. The summed E-state index contributed by atoms with van der Waals surface area (Å²) in [4.78, 5) is 12.2. The second-order valence-electron chi connectivity index (χ2n) is 4.98. The van der Waals surface area contributed by atoms with Crippen molar-refractivity contribution in [1.29, 1.82) is 0 Å². The van der Waals surface area contributed by atoms with Gasteiger partial charge in [-0.3, -0.25) is 4.79 Å². The van der Waals surface area contributed by atoms with Gasteiger partial charge in [0, 0.05) is 3.57 Å². The van der Waals surface area contributed by atoms with Crippen LogP contribution >= 0.6 is 22.6 Å². The lowest BCUT2D eigenvalue weighted by Gasteiger charge is -2.12. The van der Waals surface area contributed by atoms with E-state index in [4.69, 9.17) is 0 Å². The molecule has 9 heteroatoms. The third-order valence-corrected chi connectivity index (χ3v) is 4.22. The van der Waals surface area contributed by atoms with E-state index >= 15 is 0 Å². The molecule has 0 saturated heterocycles. The van der Waals surface area contributed by atoms with Gasteiger partial charge in [-0.25, -0.2) is 4.68 Å². The Morgan fingerprint density at radius 2 is 1.96 bits per heavy atom. The highest BCUT2D eigenvalue weighted by atomic mass is 127. The summed E-state index contributed by atoms with van der Waals surface area (Å²) in [5.41, 5.74) is 0.606. The highest BCUT2D eigenvalue weighted by molar-refractivity contribution is 14.1. The number of nitrogens with zero attached hydrogens (tertiary/aromatic N) is 3. The summed E-state index contributed by atoms with van der Waals surface area (Å²) < 4.78 is 40.2. The molecule has 0 radical (unpaired) electrons. The number of para-hydroxylation sites is 1. The molecular formula is C15H10F3IN4O. The maximum absolute atomic E-state index is 12.8. The number of aromatic nitrogens is 3. The standard InChI is InChI=1S/C15H10F3IN4O/c16-15(17,18)9-5-6-10(19)12(7-9)20-14(24)8-23-13-4-2-1-3-11(13)21-22-23/h1-7H,8H2,(H,20,24). The number of hydrogen-bond acceptors (Lipinski definition) is 3. The molecule has 2 aromatic carbocycles. The van der Waals surface area contributed by atoms with Crippen molar-refractivity contribution in [3.05, 3.63) is 51.6 Å². The van der Waals surface area contributed by atoms with E-state index in [1.807, 2.05) is 22.6 Å². The van der Waals surface area contributed by atoms with Crippen LogP contribution in [0.25, 0.3) is 11.0 Å². The fourth-order valence-corrected chi connectivity index (χ4v) is 2.63. The number of benzene rings is 2. The fraction of sp³-hybridized carbons (Fsp3) is 0.133. The summed E-state index contributed by atoms with van der Waals surface area (Å²) >= 11 is 1.87. The van der Waals surface area contributed by atoms with Crippen LogP contribution in [0.3, 0.4) is 0 Å². The molecule has 3 aromatic rings. The molecule has 3 rings (SSSR count). The molecule has 1 N–H and O–H groups in total. The maximum atomic E-state index is 12.8. The molecule has 1 amide bonds. The Bertz CT molecular complexity index is 907. The molecule has 5 nitrogen and oxygen atoms in total. The van der Waals surface area contributed by atoms with E-state index in [1.165, 1.54) is 10.7 Å². The Morgan fingerprint density at radius 3 is 2.71 bits per heavy atom. The molecule has 0 spiro atoms. The van der Waals surface area contributed by atoms with Gasteiger partial charge in [0.15, 0.2) is 0 Å². The van der Waals surface area contributed by atoms with Crippen LogP contribution in [0.4, 0.5) is 18.9 Å². The van der Waals surface area contributed by atoms with Crippen molar-refractivity contribution in [3.63, 3.8) is 0 Å². The zero-order valence-corrected chi connectivity index (χ0v) is 14.2. The molecule has 1 aromatic heterocycles. The fourth-order valence-electron chi connectivity index (χ4n) is 2.16. The number of carbonyl (C=O) groups is 1.